The summed E-state index contributed by atoms with van der Waals surface area (Å²) in [6, 6.07) is 0. The van der Waals surface area contributed by atoms with Crippen LogP contribution in [0.15, 0.2) is 0 Å². The van der Waals surface area contributed by atoms with Crippen molar-refractivity contribution in [2.75, 3.05) is 19.8 Å². The minimum absolute atomic E-state index is 0.000830. The van der Waals surface area contributed by atoms with Crippen LogP contribution >= 0.6 is 0 Å². The summed E-state index contributed by atoms with van der Waals surface area (Å²) in [7, 11) is 0. The Morgan fingerprint density at radius 1 is 1.00 bits per heavy atom. The number of hydrogen-bond donors (Lipinski definition) is 1. The number of carbonyl (C=O) groups excluding carboxylic acids is 2. The number of hydrogen-bond acceptors (Lipinski definition) is 3. The van der Waals surface area contributed by atoms with Gasteiger partial charge in [-0.2, -0.15) is 0 Å². The van der Waals surface area contributed by atoms with Crippen LogP contribution in [0.2, 0.25) is 0 Å². The highest BCUT2D eigenvalue weighted by molar-refractivity contribution is 5.79. The topological polar surface area (TPSA) is 55.4 Å². The number of rotatable bonds is 8. The normalized spacial score (nSPS) is 12.3. The molecule has 1 N–H and O–H groups in total. The van der Waals surface area contributed by atoms with Gasteiger partial charge in [-0.15, -0.1) is 0 Å². The van der Waals surface area contributed by atoms with Gasteiger partial charge in [0.2, 0.25) is 5.91 Å². The number of ketones is 1. The summed E-state index contributed by atoms with van der Waals surface area (Å²) in [5, 5.41) is 2.86. The smallest absolute Gasteiger partial charge is 0.246 e. The SMILES string of the molecule is CC(=O)COCC(=O)NCC(C)(C)CCC(C)(C)C. The Kier molecular flexibility index (Phi) is 7.27. The van der Waals surface area contributed by atoms with Gasteiger partial charge in [-0.05, 0) is 30.6 Å². The molecule has 4 heteroatoms. The van der Waals surface area contributed by atoms with Crippen LogP contribution in [0, 0.1) is 10.8 Å². The Bertz CT molecular complexity index is 303. The molecule has 0 spiro atoms. The van der Waals surface area contributed by atoms with E-state index >= 15 is 0 Å². The predicted molar refractivity (Wildman–Crippen MR) is 77.0 cm³/mol. The molecule has 0 atom stereocenters. The summed E-state index contributed by atoms with van der Waals surface area (Å²) in [5.74, 6) is -0.233. The van der Waals surface area contributed by atoms with Crippen LogP contribution in [-0.2, 0) is 14.3 Å². The lowest BCUT2D eigenvalue weighted by Crippen LogP contribution is -2.36. The van der Waals surface area contributed by atoms with Crippen LogP contribution in [-0.4, -0.2) is 31.4 Å². The first kappa shape index (κ1) is 18.1. The Morgan fingerprint density at radius 2 is 1.58 bits per heavy atom. The molecule has 0 bridgehead atoms. The first-order chi connectivity index (χ1) is 8.52. The van der Waals surface area contributed by atoms with E-state index in [2.05, 4.69) is 39.9 Å². The summed E-state index contributed by atoms with van der Waals surface area (Å²) >= 11 is 0. The van der Waals surface area contributed by atoms with Crippen LogP contribution in [0.25, 0.3) is 0 Å². The zero-order chi connectivity index (χ0) is 15.1. The zero-order valence-corrected chi connectivity index (χ0v) is 13.3. The molecule has 0 saturated heterocycles. The Morgan fingerprint density at radius 3 is 2.05 bits per heavy atom. The Balaban J connectivity index is 3.89. The molecule has 0 aromatic heterocycles. The van der Waals surface area contributed by atoms with Gasteiger partial charge in [0, 0.05) is 6.54 Å². The lowest BCUT2D eigenvalue weighted by atomic mass is 9.80. The average Bonchev–Trinajstić information content (AvgIpc) is 2.23. The molecular formula is C15H29NO3. The van der Waals surface area contributed by atoms with Gasteiger partial charge in [0.05, 0.1) is 0 Å². The molecule has 19 heavy (non-hydrogen) atoms. The minimum Gasteiger partial charge on any atom is -0.364 e. The molecule has 0 fully saturated rings. The molecule has 0 heterocycles. The molecule has 0 radical (unpaired) electrons. The minimum atomic E-state index is -0.162. The monoisotopic (exact) mass is 271 g/mol. The fraction of sp³-hybridized carbons (Fsp3) is 0.867. The summed E-state index contributed by atoms with van der Waals surface area (Å²) < 4.78 is 4.97. The van der Waals surface area contributed by atoms with Crippen molar-refractivity contribution in [2.45, 2.75) is 54.4 Å². The van der Waals surface area contributed by atoms with Gasteiger partial charge < -0.3 is 10.1 Å². The van der Waals surface area contributed by atoms with Crippen molar-refractivity contribution in [1.29, 1.82) is 0 Å². The summed E-state index contributed by atoms with van der Waals surface area (Å²) in [4.78, 5) is 22.2. The fourth-order valence-electron chi connectivity index (χ4n) is 1.48. The molecule has 112 valence electrons. The van der Waals surface area contributed by atoms with Gasteiger partial charge in [-0.3, -0.25) is 9.59 Å². The molecule has 0 saturated carbocycles. The lowest BCUT2D eigenvalue weighted by Gasteiger charge is -2.29. The second-order valence-corrected chi connectivity index (χ2v) is 7.20. The van der Waals surface area contributed by atoms with Crippen LogP contribution in [0.5, 0.6) is 0 Å². The highest BCUT2D eigenvalue weighted by Crippen LogP contribution is 2.29. The van der Waals surface area contributed by atoms with Gasteiger partial charge >= 0.3 is 0 Å². The molecule has 0 aromatic carbocycles. The van der Waals surface area contributed by atoms with E-state index < -0.39 is 0 Å². The zero-order valence-electron chi connectivity index (χ0n) is 13.3. The fourth-order valence-corrected chi connectivity index (χ4v) is 1.48. The summed E-state index contributed by atoms with van der Waals surface area (Å²) in [6.07, 6.45) is 2.18. The maximum Gasteiger partial charge on any atom is 0.246 e. The van der Waals surface area contributed by atoms with Crippen molar-refractivity contribution in [1.82, 2.24) is 5.32 Å². The van der Waals surface area contributed by atoms with Gasteiger partial charge in [0.15, 0.2) is 5.78 Å². The molecule has 0 aliphatic heterocycles. The molecule has 4 nitrogen and oxygen atoms in total. The second kappa shape index (κ2) is 7.63. The number of nitrogens with one attached hydrogen (secondary N) is 1. The Labute approximate surface area is 117 Å². The summed E-state index contributed by atoms with van der Waals surface area (Å²) in [6.45, 7) is 13.0. The van der Waals surface area contributed by atoms with E-state index in [1.807, 2.05) is 0 Å². The maximum absolute atomic E-state index is 11.5. The first-order valence-electron chi connectivity index (χ1n) is 6.86. The average molecular weight is 271 g/mol. The number of ether oxygens (including phenoxy) is 1. The van der Waals surface area contributed by atoms with Gasteiger partial charge in [-0.25, -0.2) is 0 Å². The van der Waals surface area contributed by atoms with E-state index in [9.17, 15) is 9.59 Å². The first-order valence-corrected chi connectivity index (χ1v) is 6.86. The molecule has 0 aromatic rings. The van der Waals surface area contributed by atoms with Crippen molar-refractivity contribution in [3.63, 3.8) is 0 Å². The van der Waals surface area contributed by atoms with Gasteiger partial charge in [-0.1, -0.05) is 34.6 Å². The second-order valence-electron chi connectivity index (χ2n) is 7.20. The van der Waals surface area contributed by atoms with E-state index in [1.54, 1.807) is 0 Å². The Hall–Kier alpha value is -0.900. The molecule has 1 amide bonds. The maximum atomic E-state index is 11.5. The highest BCUT2D eigenvalue weighted by atomic mass is 16.5. The summed E-state index contributed by atoms with van der Waals surface area (Å²) in [5.41, 5.74) is 0.384. The molecular weight excluding hydrogens is 242 g/mol. The highest BCUT2D eigenvalue weighted by Gasteiger charge is 2.22. The van der Waals surface area contributed by atoms with Crippen molar-refractivity contribution in [3.8, 4) is 0 Å². The number of carbonyl (C=O) groups is 2. The van der Waals surface area contributed by atoms with Crippen LogP contribution in [0.1, 0.15) is 54.4 Å². The van der Waals surface area contributed by atoms with Crippen LogP contribution in [0.3, 0.4) is 0 Å². The van der Waals surface area contributed by atoms with Gasteiger partial charge in [0.25, 0.3) is 0 Å². The largest absolute Gasteiger partial charge is 0.364 e. The van der Waals surface area contributed by atoms with Crippen molar-refractivity contribution >= 4 is 11.7 Å². The third-order valence-electron chi connectivity index (χ3n) is 2.85. The van der Waals surface area contributed by atoms with E-state index in [1.165, 1.54) is 6.92 Å². The van der Waals surface area contributed by atoms with Crippen molar-refractivity contribution in [2.24, 2.45) is 10.8 Å². The van der Waals surface area contributed by atoms with E-state index in [0.717, 1.165) is 12.8 Å². The predicted octanol–water partition coefficient (Wildman–Crippen LogP) is 2.56. The molecule has 0 rings (SSSR count). The lowest BCUT2D eigenvalue weighted by molar-refractivity contribution is -0.129. The van der Waals surface area contributed by atoms with E-state index in [-0.39, 0.29) is 30.3 Å². The van der Waals surface area contributed by atoms with Crippen LogP contribution in [0.4, 0.5) is 0 Å². The van der Waals surface area contributed by atoms with Crippen LogP contribution < -0.4 is 5.32 Å². The standard InChI is InChI=1S/C15H29NO3/c1-12(17)9-19-10-13(18)16-11-15(5,6)8-7-14(2,3)4/h7-11H2,1-6H3,(H,16,18). The number of Topliss-reactive ketones (excluding diaryl/α,β-unsaturated/α-hetero) is 1. The third-order valence-corrected chi connectivity index (χ3v) is 2.85. The van der Waals surface area contributed by atoms with E-state index in [4.69, 9.17) is 4.74 Å². The number of amides is 1. The molecule has 0 unspecified atom stereocenters. The van der Waals surface area contributed by atoms with E-state index in [0.29, 0.717) is 12.0 Å². The quantitative estimate of drug-likeness (QED) is 0.738. The van der Waals surface area contributed by atoms with Crippen molar-refractivity contribution in [3.05, 3.63) is 0 Å². The molecule has 0 aliphatic rings. The van der Waals surface area contributed by atoms with Gasteiger partial charge in [0.1, 0.15) is 13.2 Å². The van der Waals surface area contributed by atoms with Crippen molar-refractivity contribution < 1.29 is 14.3 Å². The molecule has 0 aliphatic carbocycles. The third kappa shape index (κ3) is 11.9.